The van der Waals surface area contributed by atoms with Crippen LogP contribution in [0.1, 0.15) is 41.8 Å². The average Bonchev–Trinajstić information content (AvgIpc) is 2.82. The number of anilines is 1. The number of aromatic nitrogens is 2. The van der Waals surface area contributed by atoms with Crippen molar-refractivity contribution < 1.29 is 13.2 Å². The van der Waals surface area contributed by atoms with Crippen LogP contribution in [0.4, 0.5) is 5.82 Å². The molecule has 0 bridgehead atoms. The Hall–Kier alpha value is -2.81. The molecule has 5 rings (SSSR count). The summed E-state index contributed by atoms with van der Waals surface area (Å²) in [6, 6.07) is 13.8. The predicted octanol–water partition coefficient (Wildman–Crippen LogP) is 4.43. The number of ether oxygens (including phenoxy) is 1. The molecule has 2 aliphatic heterocycles. The normalized spacial score (nSPS) is 20.9. The van der Waals surface area contributed by atoms with E-state index in [9.17, 15) is 8.42 Å². The fourth-order valence-corrected chi connectivity index (χ4v) is 7.43. The van der Waals surface area contributed by atoms with Crippen LogP contribution in [0, 0.1) is 20.8 Å². The van der Waals surface area contributed by atoms with Gasteiger partial charge in [0.15, 0.2) is 5.82 Å². The van der Waals surface area contributed by atoms with Gasteiger partial charge in [-0.15, -0.1) is 0 Å². The van der Waals surface area contributed by atoms with Crippen LogP contribution in [0.5, 0.6) is 0 Å². The Kier molecular flexibility index (Phi) is 6.61. The topological polar surface area (TPSA) is 75.6 Å². The monoisotopic (exact) mass is 506 g/mol. The van der Waals surface area contributed by atoms with Crippen molar-refractivity contribution in [1.82, 2.24) is 14.3 Å². The lowest BCUT2D eigenvalue weighted by atomic mass is 10.1. The maximum atomic E-state index is 13.9. The third-order valence-corrected chi connectivity index (χ3v) is 9.11. The van der Waals surface area contributed by atoms with E-state index in [0.717, 1.165) is 39.3 Å². The highest BCUT2D eigenvalue weighted by molar-refractivity contribution is 7.89. The van der Waals surface area contributed by atoms with E-state index >= 15 is 0 Å². The molecule has 0 spiro atoms. The lowest BCUT2D eigenvalue weighted by Gasteiger charge is -2.38. The minimum atomic E-state index is -3.68. The van der Waals surface area contributed by atoms with Crippen molar-refractivity contribution in [3.8, 4) is 11.4 Å². The highest BCUT2D eigenvalue weighted by Crippen LogP contribution is 2.34. The van der Waals surface area contributed by atoms with Gasteiger partial charge in [-0.05, 0) is 45.7 Å². The van der Waals surface area contributed by atoms with E-state index in [1.165, 1.54) is 0 Å². The SMILES string of the molecule is Cc1cc(C)c(S(=O)(=O)N2CCc3nc(-c4ccccc4)nc(N4CC(C)OC(C)C4)c3C2)c(C)c1. The van der Waals surface area contributed by atoms with Crippen molar-refractivity contribution in [2.24, 2.45) is 0 Å². The molecular formula is C28H34N4O3S. The fourth-order valence-electron chi connectivity index (χ4n) is 5.61. The lowest BCUT2D eigenvalue weighted by Crippen LogP contribution is -2.47. The smallest absolute Gasteiger partial charge is 0.243 e. The van der Waals surface area contributed by atoms with Gasteiger partial charge in [0, 0.05) is 43.7 Å². The molecule has 36 heavy (non-hydrogen) atoms. The first kappa shape index (κ1) is 24.9. The quantitative estimate of drug-likeness (QED) is 0.521. The molecule has 0 amide bonds. The van der Waals surface area contributed by atoms with Crippen molar-refractivity contribution in [2.75, 3.05) is 24.5 Å². The third kappa shape index (κ3) is 4.65. The van der Waals surface area contributed by atoms with Crippen LogP contribution in [0.25, 0.3) is 11.4 Å². The van der Waals surface area contributed by atoms with Crippen LogP contribution < -0.4 is 4.90 Å². The van der Waals surface area contributed by atoms with Crippen molar-refractivity contribution in [1.29, 1.82) is 0 Å². The summed E-state index contributed by atoms with van der Waals surface area (Å²) >= 11 is 0. The van der Waals surface area contributed by atoms with Crippen molar-refractivity contribution >= 4 is 15.8 Å². The molecule has 2 atom stereocenters. The minimum Gasteiger partial charge on any atom is -0.372 e. The zero-order valence-electron chi connectivity index (χ0n) is 21.7. The van der Waals surface area contributed by atoms with Gasteiger partial charge < -0.3 is 9.64 Å². The van der Waals surface area contributed by atoms with Crippen LogP contribution in [0.2, 0.25) is 0 Å². The second-order valence-corrected chi connectivity index (χ2v) is 12.0. The summed E-state index contributed by atoms with van der Waals surface area (Å²) in [5, 5.41) is 0. The Morgan fingerprint density at radius 3 is 2.22 bits per heavy atom. The van der Waals surface area contributed by atoms with Crippen molar-refractivity contribution in [3.05, 3.63) is 70.4 Å². The van der Waals surface area contributed by atoms with E-state index in [4.69, 9.17) is 14.7 Å². The van der Waals surface area contributed by atoms with E-state index in [-0.39, 0.29) is 18.8 Å². The summed E-state index contributed by atoms with van der Waals surface area (Å²) in [5.41, 5.74) is 5.40. The molecule has 2 unspecified atom stereocenters. The molecule has 3 aromatic rings. The van der Waals surface area contributed by atoms with Gasteiger partial charge >= 0.3 is 0 Å². The average molecular weight is 507 g/mol. The van der Waals surface area contributed by atoms with E-state index in [1.54, 1.807) is 4.31 Å². The summed E-state index contributed by atoms with van der Waals surface area (Å²) in [7, 11) is -3.68. The largest absolute Gasteiger partial charge is 0.372 e. The Balaban J connectivity index is 1.59. The minimum absolute atomic E-state index is 0.0563. The molecule has 0 saturated carbocycles. The summed E-state index contributed by atoms with van der Waals surface area (Å²) in [6.45, 7) is 11.9. The van der Waals surface area contributed by atoms with Gasteiger partial charge in [-0.2, -0.15) is 4.31 Å². The number of benzene rings is 2. The fraction of sp³-hybridized carbons (Fsp3) is 0.429. The summed E-state index contributed by atoms with van der Waals surface area (Å²) < 4.78 is 35.3. The van der Waals surface area contributed by atoms with E-state index in [0.29, 0.717) is 36.8 Å². The van der Waals surface area contributed by atoms with Crippen molar-refractivity contribution in [3.63, 3.8) is 0 Å². The van der Waals surface area contributed by atoms with Gasteiger partial charge in [0.25, 0.3) is 0 Å². The van der Waals surface area contributed by atoms with E-state index in [2.05, 4.69) is 18.7 Å². The number of nitrogens with zero attached hydrogens (tertiary/aromatic N) is 4. The highest BCUT2D eigenvalue weighted by Gasteiger charge is 2.35. The second-order valence-electron chi connectivity index (χ2n) is 10.1. The summed E-state index contributed by atoms with van der Waals surface area (Å²) in [6.07, 6.45) is 0.658. The van der Waals surface area contributed by atoms with Gasteiger partial charge in [-0.1, -0.05) is 48.0 Å². The Labute approximate surface area is 214 Å². The number of rotatable bonds is 4. The van der Waals surface area contributed by atoms with Gasteiger partial charge in [-0.25, -0.2) is 18.4 Å². The highest BCUT2D eigenvalue weighted by atomic mass is 32.2. The Morgan fingerprint density at radius 1 is 0.944 bits per heavy atom. The maximum Gasteiger partial charge on any atom is 0.243 e. The zero-order chi connectivity index (χ0) is 25.6. The molecule has 2 aromatic carbocycles. The Bertz CT molecular complexity index is 1360. The lowest BCUT2D eigenvalue weighted by molar-refractivity contribution is -0.00555. The molecular weight excluding hydrogens is 472 g/mol. The van der Waals surface area contributed by atoms with Crippen LogP contribution in [-0.2, 0) is 27.7 Å². The number of aryl methyl sites for hydroxylation is 3. The Morgan fingerprint density at radius 2 is 1.58 bits per heavy atom. The van der Waals surface area contributed by atoms with Crippen LogP contribution in [-0.4, -0.2) is 54.5 Å². The number of fused-ring (bicyclic) bond motifs is 1. The molecule has 1 saturated heterocycles. The number of morpholine rings is 1. The van der Waals surface area contributed by atoms with E-state index < -0.39 is 10.0 Å². The van der Waals surface area contributed by atoms with Crippen LogP contribution in [0.15, 0.2) is 47.4 Å². The molecule has 1 aromatic heterocycles. The third-order valence-electron chi connectivity index (χ3n) is 6.96. The first-order valence-electron chi connectivity index (χ1n) is 12.6. The molecule has 7 nitrogen and oxygen atoms in total. The number of sulfonamides is 1. The molecule has 0 N–H and O–H groups in total. The summed E-state index contributed by atoms with van der Waals surface area (Å²) in [5.74, 6) is 1.50. The number of hydrogen-bond acceptors (Lipinski definition) is 6. The van der Waals surface area contributed by atoms with Crippen LogP contribution in [0.3, 0.4) is 0 Å². The maximum absolute atomic E-state index is 13.9. The first-order valence-corrected chi connectivity index (χ1v) is 14.0. The molecule has 8 heteroatoms. The van der Waals surface area contributed by atoms with Crippen LogP contribution >= 0.6 is 0 Å². The summed E-state index contributed by atoms with van der Waals surface area (Å²) in [4.78, 5) is 12.6. The van der Waals surface area contributed by atoms with Gasteiger partial charge in [0.2, 0.25) is 10.0 Å². The van der Waals surface area contributed by atoms with Crippen molar-refractivity contribution in [2.45, 2.75) is 64.7 Å². The molecule has 2 aliphatic rings. The van der Waals surface area contributed by atoms with Gasteiger partial charge in [-0.3, -0.25) is 0 Å². The zero-order valence-corrected chi connectivity index (χ0v) is 22.5. The standard InChI is InChI=1S/C28H34N4O3S/c1-18-13-19(2)26(20(3)14-18)36(33,34)32-12-11-25-24(17-32)28(31-15-21(4)35-22(5)16-31)30-27(29-25)23-9-7-6-8-10-23/h6-10,13-14,21-22H,11-12,15-17H2,1-5H3. The predicted molar refractivity (Wildman–Crippen MR) is 142 cm³/mol. The molecule has 190 valence electrons. The van der Waals surface area contributed by atoms with E-state index in [1.807, 2.05) is 63.2 Å². The molecule has 0 aliphatic carbocycles. The van der Waals surface area contributed by atoms with Gasteiger partial charge in [0.1, 0.15) is 5.82 Å². The second kappa shape index (κ2) is 9.57. The first-order chi connectivity index (χ1) is 17.1. The van der Waals surface area contributed by atoms with Gasteiger partial charge in [0.05, 0.1) is 22.8 Å². The molecule has 1 fully saturated rings. The number of hydrogen-bond donors (Lipinski definition) is 0. The molecule has 0 radical (unpaired) electrons. The molecule has 3 heterocycles.